The molecule has 2 aromatic carbocycles. The van der Waals surface area contributed by atoms with E-state index < -0.39 is 29.4 Å². The maximum Gasteiger partial charge on any atom is 0.416 e. The van der Waals surface area contributed by atoms with Gasteiger partial charge in [-0.1, -0.05) is 18.2 Å². The molecule has 0 atom stereocenters. The summed E-state index contributed by atoms with van der Waals surface area (Å²) >= 11 is 0. The Kier molecular flexibility index (Phi) is 6.28. The number of nitrogens with one attached hydrogen (secondary N) is 2. The fourth-order valence-electron chi connectivity index (χ4n) is 2.73. The van der Waals surface area contributed by atoms with E-state index >= 15 is 0 Å². The van der Waals surface area contributed by atoms with Crippen LogP contribution in [0.3, 0.4) is 0 Å². The molecule has 0 spiro atoms. The number of rotatable bonds is 5. The van der Waals surface area contributed by atoms with E-state index in [1.54, 1.807) is 0 Å². The number of aryl methyl sites for hydroxylation is 1. The number of halogens is 4. The number of aromatic nitrogens is 2. The van der Waals surface area contributed by atoms with E-state index in [2.05, 4.69) is 20.6 Å². The summed E-state index contributed by atoms with van der Waals surface area (Å²) < 4.78 is 52.3. The third kappa shape index (κ3) is 5.41. The quantitative estimate of drug-likeness (QED) is 0.594. The third-order valence-electron chi connectivity index (χ3n) is 4.30. The van der Waals surface area contributed by atoms with E-state index in [1.807, 2.05) is 0 Å². The van der Waals surface area contributed by atoms with E-state index in [4.69, 9.17) is 0 Å². The maximum atomic E-state index is 13.1. The van der Waals surface area contributed by atoms with E-state index in [-0.39, 0.29) is 29.2 Å². The zero-order chi connectivity index (χ0) is 22.6. The van der Waals surface area contributed by atoms with Gasteiger partial charge in [0.25, 0.3) is 11.8 Å². The highest BCUT2D eigenvalue weighted by Gasteiger charge is 2.32. The Balaban J connectivity index is 1.77. The fraction of sp³-hybridized carbons (Fsp3) is 0.143. The van der Waals surface area contributed by atoms with Gasteiger partial charge in [-0.3, -0.25) is 9.59 Å². The van der Waals surface area contributed by atoms with Crippen LogP contribution in [0, 0.1) is 12.7 Å². The summed E-state index contributed by atoms with van der Waals surface area (Å²) in [6, 6.07) is 8.78. The largest absolute Gasteiger partial charge is 0.416 e. The van der Waals surface area contributed by atoms with Crippen molar-refractivity contribution in [3.8, 4) is 0 Å². The van der Waals surface area contributed by atoms with Crippen LogP contribution in [0.15, 0.2) is 54.9 Å². The van der Waals surface area contributed by atoms with Gasteiger partial charge in [-0.05, 0) is 42.3 Å². The Labute approximate surface area is 174 Å². The summed E-state index contributed by atoms with van der Waals surface area (Å²) in [5.74, 6) is -2.03. The molecule has 160 valence electrons. The van der Waals surface area contributed by atoms with Gasteiger partial charge in [-0.15, -0.1) is 0 Å². The van der Waals surface area contributed by atoms with Gasteiger partial charge in [0.15, 0.2) is 11.4 Å². The first-order valence-electron chi connectivity index (χ1n) is 8.98. The molecule has 0 fully saturated rings. The number of alkyl halides is 3. The molecule has 3 aromatic rings. The zero-order valence-corrected chi connectivity index (χ0v) is 16.1. The molecule has 0 radical (unpaired) electrons. The molecule has 0 saturated carbocycles. The molecule has 6 nitrogen and oxygen atoms in total. The molecule has 3 rings (SSSR count). The summed E-state index contributed by atoms with van der Waals surface area (Å²) in [4.78, 5) is 32.8. The van der Waals surface area contributed by atoms with Crippen LogP contribution in [0.25, 0.3) is 0 Å². The van der Waals surface area contributed by atoms with Crippen molar-refractivity contribution in [1.29, 1.82) is 0 Å². The lowest BCUT2D eigenvalue weighted by Crippen LogP contribution is -2.28. The zero-order valence-electron chi connectivity index (χ0n) is 16.1. The first kappa shape index (κ1) is 21.9. The van der Waals surface area contributed by atoms with Crippen LogP contribution < -0.4 is 10.6 Å². The fourth-order valence-corrected chi connectivity index (χ4v) is 2.73. The molecule has 0 unspecified atom stereocenters. The van der Waals surface area contributed by atoms with Gasteiger partial charge in [-0.2, -0.15) is 13.2 Å². The lowest BCUT2D eigenvalue weighted by atomic mass is 10.1. The minimum absolute atomic E-state index is 0.00543. The topological polar surface area (TPSA) is 84.0 Å². The molecule has 0 aliphatic carbocycles. The van der Waals surface area contributed by atoms with Crippen LogP contribution in [0.2, 0.25) is 0 Å². The molecular formula is C21H16F4N4O2. The number of hydrogen-bond acceptors (Lipinski definition) is 4. The molecule has 0 saturated heterocycles. The minimum atomic E-state index is -4.58. The summed E-state index contributed by atoms with van der Waals surface area (Å²) in [7, 11) is 0. The normalized spacial score (nSPS) is 11.1. The predicted molar refractivity (Wildman–Crippen MR) is 104 cm³/mol. The minimum Gasteiger partial charge on any atom is -0.347 e. The standard InChI is InChI=1S/C21H16F4N4O2/c1-12-2-7-15(10-16(12)21(23,24)25)29-20(31)18-17(26-8-9-27-18)19(30)28-11-13-3-5-14(22)6-4-13/h2-10H,11H2,1H3,(H,28,30)(H,29,31). The second-order valence-electron chi connectivity index (χ2n) is 6.54. The molecule has 1 aromatic heterocycles. The molecule has 2 amide bonds. The Hall–Kier alpha value is -3.82. The van der Waals surface area contributed by atoms with Crippen molar-refractivity contribution in [3.63, 3.8) is 0 Å². The average Bonchev–Trinajstić information content (AvgIpc) is 2.73. The number of hydrogen-bond donors (Lipinski definition) is 2. The number of benzene rings is 2. The van der Waals surface area contributed by atoms with Crippen LogP contribution in [0.5, 0.6) is 0 Å². The molecule has 1 heterocycles. The Morgan fingerprint density at radius 3 is 2.16 bits per heavy atom. The van der Waals surface area contributed by atoms with Crippen molar-refractivity contribution in [2.45, 2.75) is 19.6 Å². The Morgan fingerprint density at radius 1 is 0.935 bits per heavy atom. The maximum absolute atomic E-state index is 13.1. The molecule has 31 heavy (non-hydrogen) atoms. The molecule has 10 heteroatoms. The molecule has 0 bridgehead atoms. The monoisotopic (exact) mass is 432 g/mol. The van der Waals surface area contributed by atoms with Crippen molar-refractivity contribution in [1.82, 2.24) is 15.3 Å². The number of anilines is 1. The highest BCUT2D eigenvalue weighted by molar-refractivity contribution is 6.09. The SMILES string of the molecule is Cc1ccc(NC(=O)c2nccnc2C(=O)NCc2ccc(F)cc2)cc1C(F)(F)F. The van der Waals surface area contributed by atoms with Gasteiger partial charge >= 0.3 is 6.18 Å². The summed E-state index contributed by atoms with van der Waals surface area (Å²) in [5.41, 5.74) is -1.03. The van der Waals surface area contributed by atoms with Crippen LogP contribution >= 0.6 is 0 Å². The first-order chi connectivity index (χ1) is 14.6. The van der Waals surface area contributed by atoms with Gasteiger partial charge in [0.1, 0.15) is 5.82 Å². The van der Waals surface area contributed by atoms with Crippen molar-refractivity contribution >= 4 is 17.5 Å². The van der Waals surface area contributed by atoms with Gasteiger partial charge in [0, 0.05) is 24.6 Å². The number of amides is 2. The van der Waals surface area contributed by atoms with Crippen molar-refractivity contribution in [3.05, 3.63) is 88.8 Å². The lowest BCUT2D eigenvalue weighted by molar-refractivity contribution is -0.138. The van der Waals surface area contributed by atoms with E-state index in [9.17, 15) is 27.2 Å². The third-order valence-corrected chi connectivity index (χ3v) is 4.30. The van der Waals surface area contributed by atoms with E-state index in [0.717, 1.165) is 6.07 Å². The van der Waals surface area contributed by atoms with E-state index in [0.29, 0.717) is 5.56 Å². The smallest absolute Gasteiger partial charge is 0.347 e. The molecule has 2 N–H and O–H groups in total. The van der Waals surface area contributed by atoms with Gasteiger partial charge in [-0.25, -0.2) is 14.4 Å². The second-order valence-corrected chi connectivity index (χ2v) is 6.54. The summed E-state index contributed by atoms with van der Waals surface area (Å²) in [6.45, 7) is 1.35. The Bertz CT molecular complexity index is 1120. The van der Waals surface area contributed by atoms with Gasteiger partial charge < -0.3 is 10.6 Å². The summed E-state index contributed by atoms with van der Waals surface area (Å²) in [5, 5.41) is 4.85. The number of carbonyl (C=O) groups is 2. The molecule has 0 aliphatic rings. The molecular weight excluding hydrogens is 416 g/mol. The van der Waals surface area contributed by atoms with Crippen molar-refractivity contribution in [2.24, 2.45) is 0 Å². The highest BCUT2D eigenvalue weighted by atomic mass is 19.4. The average molecular weight is 432 g/mol. The lowest BCUT2D eigenvalue weighted by Gasteiger charge is -2.13. The van der Waals surface area contributed by atoms with Gasteiger partial charge in [0.05, 0.1) is 5.56 Å². The highest BCUT2D eigenvalue weighted by Crippen LogP contribution is 2.33. The van der Waals surface area contributed by atoms with Crippen LogP contribution in [-0.2, 0) is 12.7 Å². The van der Waals surface area contributed by atoms with Crippen molar-refractivity contribution in [2.75, 3.05) is 5.32 Å². The van der Waals surface area contributed by atoms with Crippen molar-refractivity contribution < 1.29 is 27.2 Å². The Morgan fingerprint density at radius 2 is 1.55 bits per heavy atom. The molecule has 0 aliphatic heterocycles. The van der Waals surface area contributed by atoms with Gasteiger partial charge in [0.2, 0.25) is 0 Å². The van der Waals surface area contributed by atoms with Crippen LogP contribution in [0.1, 0.15) is 37.7 Å². The second kappa shape index (κ2) is 8.90. The first-order valence-corrected chi connectivity index (χ1v) is 8.98. The summed E-state index contributed by atoms with van der Waals surface area (Å²) in [6.07, 6.45) is -2.19. The number of nitrogens with zero attached hydrogens (tertiary/aromatic N) is 2. The van der Waals surface area contributed by atoms with Crippen LogP contribution in [0.4, 0.5) is 23.2 Å². The van der Waals surface area contributed by atoms with E-state index in [1.165, 1.54) is 55.7 Å². The van der Waals surface area contributed by atoms with Crippen LogP contribution in [-0.4, -0.2) is 21.8 Å². The number of carbonyl (C=O) groups excluding carboxylic acids is 2. The predicted octanol–water partition coefficient (Wildman–Crippen LogP) is 4.13.